The van der Waals surface area contributed by atoms with Gasteiger partial charge in [0.05, 0.1) is 18.6 Å². The van der Waals surface area contributed by atoms with Gasteiger partial charge in [0, 0.05) is 5.56 Å². The number of hydrogen-bond donors (Lipinski definition) is 0. The quantitative estimate of drug-likeness (QED) is 0.621. The van der Waals surface area contributed by atoms with Crippen LogP contribution in [0, 0.1) is 5.82 Å². The summed E-state index contributed by atoms with van der Waals surface area (Å²) in [5.41, 5.74) is -0.591. The van der Waals surface area contributed by atoms with Gasteiger partial charge in [0.25, 0.3) is 0 Å². The monoisotopic (exact) mass is 292 g/mol. The van der Waals surface area contributed by atoms with E-state index in [2.05, 4.69) is 5.10 Å². The predicted molar refractivity (Wildman–Crippen MR) is 62.3 cm³/mol. The van der Waals surface area contributed by atoms with Crippen LogP contribution in [0.3, 0.4) is 0 Å². The second kappa shape index (κ2) is 5.21. The van der Waals surface area contributed by atoms with Crippen LogP contribution >= 0.6 is 11.6 Å². The van der Waals surface area contributed by atoms with E-state index in [1.807, 2.05) is 0 Å². The van der Waals surface area contributed by atoms with Crippen molar-refractivity contribution in [2.24, 2.45) is 0 Å². The predicted octanol–water partition coefficient (Wildman–Crippen LogP) is 3.83. The Labute approximate surface area is 111 Å². The van der Waals surface area contributed by atoms with Crippen LogP contribution in [0.5, 0.6) is 0 Å². The summed E-state index contributed by atoms with van der Waals surface area (Å²) in [7, 11) is 0. The third-order valence-corrected chi connectivity index (χ3v) is 2.84. The fourth-order valence-corrected chi connectivity index (χ4v) is 1.97. The fraction of sp³-hybridized carbons (Fsp3) is 0.250. The molecule has 102 valence electrons. The fourth-order valence-electron chi connectivity index (χ4n) is 1.78. The normalized spacial score (nSPS) is 11.8. The first kappa shape index (κ1) is 13.9. The summed E-state index contributed by atoms with van der Waals surface area (Å²) in [5.74, 6) is -0.784. The highest BCUT2D eigenvalue weighted by molar-refractivity contribution is 6.17. The summed E-state index contributed by atoms with van der Waals surface area (Å²) < 4.78 is 52.5. The Bertz CT molecular complexity index is 577. The number of benzene rings is 1. The first-order valence-corrected chi connectivity index (χ1v) is 5.87. The van der Waals surface area contributed by atoms with Gasteiger partial charge in [-0.2, -0.15) is 18.3 Å². The number of hydrogen-bond acceptors (Lipinski definition) is 1. The van der Waals surface area contributed by atoms with Gasteiger partial charge < -0.3 is 0 Å². The minimum absolute atomic E-state index is 0.0921. The van der Waals surface area contributed by atoms with Crippen molar-refractivity contribution in [3.63, 3.8) is 0 Å². The van der Waals surface area contributed by atoms with Gasteiger partial charge in [-0.3, -0.25) is 4.68 Å². The van der Waals surface area contributed by atoms with Gasteiger partial charge in [-0.25, -0.2) is 4.39 Å². The number of halogens is 5. The molecule has 1 heterocycles. The average Bonchev–Trinajstić information content (AvgIpc) is 2.71. The van der Waals surface area contributed by atoms with Crippen LogP contribution < -0.4 is 0 Å². The smallest absolute Gasteiger partial charge is 0.256 e. The summed E-state index contributed by atoms with van der Waals surface area (Å²) in [5, 5.41) is 3.67. The van der Waals surface area contributed by atoms with E-state index in [-0.39, 0.29) is 18.0 Å². The lowest BCUT2D eigenvalue weighted by Gasteiger charge is -2.12. The van der Waals surface area contributed by atoms with E-state index in [0.29, 0.717) is 5.56 Å². The molecule has 19 heavy (non-hydrogen) atoms. The first-order valence-electron chi connectivity index (χ1n) is 5.34. The van der Waals surface area contributed by atoms with E-state index >= 15 is 0 Å². The van der Waals surface area contributed by atoms with E-state index in [0.717, 1.165) is 10.9 Å². The maximum atomic E-state index is 13.0. The zero-order valence-electron chi connectivity index (χ0n) is 9.59. The maximum absolute atomic E-state index is 13.0. The largest absolute Gasteiger partial charge is 0.433 e. The topological polar surface area (TPSA) is 17.8 Å². The van der Waals surface area contributed by atoms with E-state index in [1.165, 1.54) is 24.3 Å². The Morgan fingerprint density at radius 1 is 1.26 bits per heavy atom. The van der Waals surface area contributed by atoms with E-state index in [4.69, 9.17) is 11.6 Å². The summed E-state index contributed by atoms with van der Waals surface area (Å²) in [6.07, 6.45) is -3.47. The molecule has 0 saturated carbocycles. The molecule has 2 nitrogen and oxygen atoms in total. The maximum Gasteiger partial charge on any atom is 0.433 e. The van der Waals surface area contributed by atoms with Gasteiger partial charge in [0.15, 0.2) is 0 Å². The van der Waals surface area contributed by atoms with Crippen molar-refractivity contribution in [2.75, 3.05) is 0 Å². The number of alkyl halides is 4. The lowest BCUT2D eigenvalue weighted by Crippen LogP contribution is -2.17. The second-order valence-corrected chi connectivity index (χ2v) is 4.20. The highest BCUT2D eigenvalue weighted by Crippen LogP contribution is 2.33. The van der Waals surface area contributed by atoms with Crippen LogP contribution in [-0.2, 0) is 18.6 Å². The van der Waals surface area contributed by atoms with Gasteiger partial charge in [-0.15, -0.1) is 11.6 Å². The molecule has 0 aliphatic rings. The molecule has 7 heteroatoms. The zero-order valence-corrected chi connectivity index (χ0v) is 10.3. The van der Waals surface area contributed by atoms with E-state index in [9.17, 15) is 17.6 Å². The van der Waals surface area contributed by atoms with Crippen LogP contribution in [0.1, 0.15) is 16.8 Å². The molecule has 0 bridgehead atoms. The van der Waals surface area contributed by atoms with Crippen molar-refractivity contribution in [2.45, 2.75) is 18.6 Å². The van der Waals surface area contributed by atoms with Crippen molar-refractivity contribution in [1.82, 2.24) is 9.78 Å². The minimum atomic E-state index is -4.55. The van der Waals surface area contributed by atoms with Crippen LogP contribution in [0.2, 0.25) is 0 Å². The molecule has 2 rings (SSSR count). The van der Waals surface area contributed by atoms with Gasteiger partial charge in [-0.05, 0) is 17.7 Å². The molecule has 0 aliphatic heterocycles. The Kier molecular flexibility index (Phi) is 3.80. The highest BCUT2D eigenvalue weighted by Gasteiger charge is 2.37. The third-order valence-electron chi connectivity index (χ3n) is 2.55. The van der Waals surface area contributed by atoms with Crippen molar-refractivity contribution in [3.8, 4) is 0 Å². The number of nitrogens with zero attached hydrogens (tertiary/aromatic N) is 2. The van der Waals surface area contributed by atoms with Crippen LogP contribution in [-0.4, -0.2) is 9.78 Å². The summed E-state index contributed by atoms with van der Waals surface area (Å²) >= 11 is 5.47. The molecule has 0 fully saturated rings. The third kappa shape index (κ3) is 3.07. The van der Waals surface area contributed by atoms with Crippen molar-refractivity contribution >= 4 is 11.6 Å². The van der Waals surface area contributed by atoms with E-state index in [1.54, 1.807) is 0 Å². The van der Waals surface area contributed by atoms with Crippen molar-refractivity contribution < 1.29 is 17.6 Å². The lowest BCUT2D eigenvalue weighted by atomic mass is 10.2. The SMILES string of the molecule is Fc1cccc(Cn2ncc(CCl)c2C(F)(F)F)c1. The molecule has 0 saturated heterocycles. The zero-order chi connectivity index (χ0) is 14.0. The van der Waals surface area contributed by atoms with Crippen LogP contribution in [0.15, 0.2) is 30.5 Å². The second-order valence-electron chi connectivity index (χ2n) is 3.94. The van der Waals surface area contributed by atoms with Gasteiger partial charge in [-0.1, -0.05) is 12.1 Å². The molecular weight excluding hydrogens is 284 g/mol. The molecular formula is C12H9ClF4N2. The Balaban J connectivity index is 2.38. The first-order chi connectivity index (χ1) is 8.91. The molecule has 0 radical (unpaired) electrons. The van der Waals surface area contributed by atoms with Crippen molar-refractivity contribution in [1.29, 1.82) is 0 Å². The van der Waals surface area contributed by atoms with Crippen molar-refractivity contribution in [3.05, 3.63) is 53.1 Å². The summed E-state index contributed by atoms with van der Waals surface area (Å²) in [6.45, 7) is -0.163. The molecule has 0 spiro atoms. The lowest BCUT2D eigenvalue weighted by molar-refractivity contribution is -0.144. The minimum Gasteiger partial charge on any atom is -0.256 e. The highest BCUT2D eigenvalue weighted by atomic mass is 35.5. The summed E-state index contributed by atoms with van der Waals surface area (Å²) in [4.78, 5) is 0. The molecule has 2 aromatic rings. The average molecular weight is 293 g/mol. The van der Waals surface area contributed by atoms with Gasteiger partial charge in [0.1, 0.15) is 11.5 Å². The molecule has 0 atom stereocenters. The van der Waals surface area contributed by atoms with Crippen LogP contribution in [0.25, 0.3) is 0 Å². The molecule has 1 aromatic carbocycles. The van der Waals surface area contributed by atoms with Gasteiger partial charge in [0.2, 0.25) is 0 Å². The molecule has 0 amide bonds. The Hall–Kier alpha value is -1.56. The van der Waals surface area contributed by atoms with Gasteiger partial charge >= 0.3 is 6.18 Å². The van der Waals surface area contributed by atoms with E-state index < -0.39 is 17.7 Å². The molecule has 1 aromatic heterocycles. The summed E-state index contributed by atoms with van der Waals surface area (Å²) in [6, 6.07) is 5.36. The molecule has 0 N–H and O–H groups in total. The number of aromatic nitrogens is 2. The Morgan fingerprint density at radius 2 is 2.00 bits per heavy atom. The number of rotatable bonds is 3. The standard InChI is InChI=1S/C12H9ClF4N2/c13-5-9-6-18-19(11(9)12(15,16)17)7-8-2-1-3-10(14)4-8/h1-4,6H,5,7H2. The molecule has 0 aliphatic carbocycles. The van der Waals surface area contributed by atoms with Crippen LogP contribution in [0.4, 0.5) is 17.6 Å². The Morgan fingerprint density at radius 3 is 2.58 bits per heavy atom. The molecule has 0 unspecified atom stereocenters.